The summed E-state index contributed by atoms with van der Waals surface area (Å²) in [5.74, 6) is 0. The van der Waals surface area contributed by atoms with Crippen LogP contribution in [0.15, 0.2) is 17.6 Å². The van der Waals surface area contributed by atoms with Gasteiger partial charge in [-0.1, -0.05) is 0 Å². The van der Waals surface area contributed by atoms with Crippen LogP contribution in [0.2, 0.25) is 0 Å². The fourth-order valence-electron chi connectivity index (χ4n) is 0.714. The lowest BCUT2D eigenvalue weighted by atomic mass is 10.4. The Morgan fingerprint density at radius 2 is 2.62 bits per heavy atom. The monoisotopic (exact) mass is 122 g/mol. The van der Waals surface area contributed by atoms with Gasteiger partial charge in [-0.05, 0) is 11.4 Å². The van der Waals surface area contributed by atoms with Gasteiger partial charge in [0, 0.05) is 17.6 Å². The van der Waals surface area contributed by atoms with Gasteiger partial charge < -0.3 is 4.98 Å². The van der Waals surface area contributed by atoms with Crippen molar-refractivity contribution in [3.8, 4) is 0 Å². The van der Waals surface area contributed by atoms with Gasteiger partial charge in [0.05, 0.1) is 0 Å². The molecule has 2 aromatic heterocycles. The summed E-state index contributed by atoms with van der Waals surface area (Å²) in [4.78, 5) is 4.28. The van der Waals surface area contributed by atoms with Crippen LogP contribution in [0.1, 0.15) is 0 Å². The molecule has 0 atom stereocenters. The van der Waals surface area contributed by atoms with Crippen molar-refractivity contribution in [3.63, 3.8) is 0 Å². The second-order valence-electron chi connectivity index (χ2n) is 1.60. The van der Waals surface area contributed by atoms with Gasteiger partial charge >= 0.3 is 0 Å². The highest BCUT2D eigenvalue weighted by Crippen LogP contribution is 2.16. The Kier molecular flexibility index (Phi) is 0.704. The first kappa shape index (κ1) is 4.15. The lowest BCUT2D eigenvalue weighted by Gasteiger charge is -1.66. The van der Waals surface area contributed by atoms with E-state index in [-0.39, 0.29) is 0 Å². The van der Waals surface area contributed by atoms with Crippen molar-refractivity contribution < 1.29 is 0 Å². The molecule has 1 nitrogen and oxygen atoms in total. The summed E-state index contributed by atoms with van der Waals surface area (Å²) in [5.41, 5.74) is 0. The molecule has 0 saturated heterocycles. The number of fused-ring (bicyclic) bond motifs is 1. The van der Waals surface area contributed by atoms with Crippen LogP contribution < -0.4 is 0 Å². The molecule has 2 heterocycles. The van der Waals surface area contributed by atoms with Crippen molar-refractivity contribution in [2.75, 3.05) is 0 Å². The van der Waals surface area contributed by atoms with Crippen molar-refractivity contribution >= 4 is 21.6 Å². The largest absolute Gasteiger partial charge is 0.352 e. The van der Waals surface area contributed by atoms with Gasteiger partial charge in [-0.25, -0.2) is 0 Å². The first-order valence-corrected chi connectivity index (χ1v) is 3.27. The van der Waals surface area contributed by atoms with Crippen LogP contribution in [-0.4, -0.2) is 4.98 Å². The highest BCUT2D eigenvalue weighted by atomic mass is 32.1. The summed E-state index contributed by atoms with van der Waals surface area (Å²) in [6.45, 7) is 0. The minimum atomic E-state index is 1.19. The first-order chi connectivity index (χ1) is 3.97. The average molecular weight is 122 g/mol. The van der Waals surface area contributed by atoms with Gasteiger partial charge in [0.2, 0.25) is 0 Å². The Balaban J connectivity index is 3.06. The third-order valence-corrected chi connectivity index (χ3v) is 1.94. The zero-order chi connectivity index (χ0) is 5.40. The maximum atomic E-state index is 3.06. The van der Waals surface area contributed by atoms with Crippen LogP contribution in [-0.2, 0) is 0 Å². The summed E-state index contributed by atoms with van der Waals surface area (Å²) in [5, 5.41) is 3.24. The minimum absolute atomic E-state index is 1.19. The SMILES string of the molecule is [c]1c[nH]c2sccc12. The van der Waals surface area contributed by atoms with Crippen LogP contribution in [0.3, 0.4) is 0 Å². The van der Waals surface area contributed by atoms with Crippen LogP contribution in [0, 0.1) is 6.07 Å². The normalized spacial score (nSPS) is 10.5. The number of rotatable bonds is 0. The topological polar surface area (TPSA) is 15.8 Å². The summed E-state index contributed by atoms with van der Waals surface area (Å²) >= 11 is 1.71. The van der Waals surface area contributed by atoms with Crippen molar-refractivity contribution in [1.82, 2.24) is 4.98 Å². The Morgan fingerprint density at radius 1 is 1.62 bits per heavy atom. The highest BCUT2D eigenvalue weighted by molar-refractivity contribution is 7.16. The molecule has 0 aliphatic heterocycles. The third kappa shape index (κ3) is 0.406. The number of hydrogen-bond acceptors (Lipinski definition) is 1. The molecule has 0 aliphatic carbocycles. The summed E-state index contributed by atoms with van der Waals surface area (Å²) in [6.07, 6.45) is 1.83. The van der Waals surface area contributed by atoms with E-state index < -0.39 is 0 Å². The van der Waals surface area contributed by atoms with Gasteiger partial charge in [-0.2, -0.15) is 0 Å². The second-order valence-corrected chi connectivity index (χ2v) is 2.51. The van der Waals surface area contributed by atoms with E-state index in [0.717, 1.165) is 0 Å². The molecule has 2 aromatic rings. The summed E-state index contributed by atoms with van der Waals surface area (Å²) in [7, 11) is 0. The predicted octanol–water partition coefficient (Wildman–Crippen LogP) is 2.03. The van der Waals surface area contributed by atoms with E-state index in [2.05, 4.69) is 22.5 Å². The third-order valence-electron chi connectivity index (χ3n) is 1.10. The van der Waals surface area contributed by atoms with Crippen LogP contribution in [0.5, 0.6) is 0 Å². The lowest BCUT2D eigenvalue weighted by Crippen LogP contribution is -1.46. The van der Waals surface area contributed by atoms with Crippen LogP contribution >= 0.6 is 11.3 Å². The molecule has 39 valence electrons. The molecule has 0 aromatic carbocycles. The van der Waals surface area contributed by atoms with E-state index >= 15 is 0 Å². The molecule has 2 heteroatoms. The second kappa shape index (κ2) is 1.36. The minimum Gasteiger partial charge on any atom is -0.352 e. The number of nitrogens with one attached hydrogen (secondary N) is 1. The fourth-order valence-corrected chi connectivity index (χ4v) is 1.44. The van der Waals surface area contributed by atoms with E-state index in [0.29, 0.717) is 0 Å². The number of aromatic amines is 1. The zero-order valence-corrected chi connectivity index (χ0v) is 4.96. The Hall–Kier alpha value is -0.760. The Labute approximate surface area is 51.0 Å². The van der Waals surface area contributed by atoms with Gasteiger partial charge in [0.15, 0.2) is 0 Å². The van der Waals surface area contributed by atoms with Gasteiger partial charge in [0.1, 0.15) is 4.83 Å². The Morgan fingerprint density at radius 3 is 3.50 bits per heavy atom. The first-order valence-electron chi connectivity index (χ1n) is 2.39. The van der Waals surface area contributed by atoms with Crippen molar-refractivity contribution in [2.45, 2.75) is 0 Å². The molecular weight excluding hydrogens is 118 g/mol. The molecular formula is C6H4NS. The summed E-state index contributed by atoms with van der Waals surface area (Å²) < 4.78 is 0. The molecule has 0 saturated carbocycles. The molecule has 0 aliphatic rings. The maximum absolute atomic E-state index is 3.06. The summed E-state index contributed by atoms with van der Waals surface area (Å²) in [6, 6.07) is 5.11. The number of H-pyrrole nitrogens is 1. The number of hydrogen-bond donors (Lipinski definition) is 1. The molecule has 8 heavy (non-hydrogen) atoms. The molecule has 0 amide bonds. The van der Waals surface area contributed by atoms with Crippen molar-refractivity contribution in [1.29, 1.82) is 0 Å². The number of aromatic nitrogens is 1. The van der Waals surface area contributed by atoms with Gasteiger partial charge in [-0.15, -0.1) is 11.3 Å². The molecule has 0 fully saturated rings. The van der Waals surface area contributed by atoms with Gasteiger partial charge in [0.25, 0.3) is 0 Å². The molecule has 0 unspecified atom stereocenters. The van der Waals surface area contributed by atoms with E-state index in [9.17, 15) is 0 Å². The predicted molar refractivity (Wildman–Crippen MR) is 35.0 cm³/mol. The number of thiophene rings is 1. The Bertz CT molecular complexity index is 230. The molecule has 2 rings (SSSR count). The fraction of sp³-hybridized carbons (Fsp3) is 0. The van der Waals surface area contributed by atoms with Crippen LogP contribution in [0.25, 0.3) is 10.2 Å². The zero-order valence-electron chi connectivity index (χ0n) is 4.14. The molecule has 0 spiro atoms. The maximum Gasteiger partial charge on any atom is 0.100 e. The quantitative estimate of drug-likeness (QED) is 0.550. The van der Waals surface area contributed by atoms with E-state index in [4.69, 9.17) is 0 Å². The van der Waals surface area contributed by atoms with Crippen LogP contribution in [0.4, 0.5) is 0 Å². The van der Waals surface area contributed by atoms with E-state index in [1.807, 2.05) is 6.20 Å². The average Bonchev–Trinajstić information content (AvgIpc) is 2.15. The smallest absolute Gasteiger partial charge is 0.100 e. The molecule has 0 bridgehead atoms. The lowest BCUT2D eigenvalue weighted by molar-refractivity contribution is 1.50. The molecule has 1 N–H and O–H groups in total. The van der Waals surface area contributed by atoms with E-state index in [1.165, 1.54) is 10.2 Å². The van der Waals surface area contributed by atoms with Gasteiger partial charge in [-0.3, -0.25) is 0 Å². The standard InChI is InChI=1S/C6H4NS/c1-3-7-6-5(1)2-4-8-6/h2-4,7H. The highest BCUT2D eigenvalue weighted by Gasteiger charge is 1.90. The van der Waals surface area contributed by atoms with E-state index in [1.54, 1.807) is 11.3 Å². The molecule has 1 radical (unpaired) electrons. The van der Waals surface area contributed by atoms with Crippen molar-refractivity contribution in [3.05, 3.63) is 23.7 Å². The van der Waals surface area contributed by atoms with Crippen molar-refractivity contribution in [2.24, 2.45) is 0 Å².